The lowest BCUT2D eigenvalue weighted by Crippen LogP contribution is -2.19. The zero-order valence-electron chi connectivity index (χ0n) is 11.9. The summed E-state index contributed by atoms with van der Waals surface area (Å²) in [5.74, 6) is -2.85. The molecule has 2 amide bonds. The molecule has 116 valence electrons. The lowest BCUT2D eigenvalue weighted by atomic mass is 10.2. The van der Waals surface area contributed by atoms with Crippen molar-refractivity contribution in [2.45, 2.75) is 13.5 Å². The summed E-state index contributed by atoms with van der Waals surface area (Å²) in [6.45, 7) is 2.27. The van der Waals surface area contributed by atoms with Gasteiger partial charge in [-0.3, -0.25) is 19.0 Å². The minimum Gasteiger partial charge on any atom is -0.476 e. The van der Waals surface area contributed by atoms with E-state index in [4.69, 9.17) is 10.8 Å². The van der Waals surface area contributed by atoms with Crippen LogP contribution in [0, 0.1) is 0 Å². The predicted octanol–water partition coefficient (Wildman–Crippen LogP) is -0.314. The van der Waals surface area contributed by atoms with Gasteiger partial charge in [-0.1, -0.05) is 0 Å². The second kappa shape index (κ2) is 5.68. The molecule has 22 heavy (non-hydrogen) atoms. The van der Waals surface area contributed by atoms with Gasteiger partial charge in [-0.15, -0.1) is 0 Å². The Bertz CT molecular complexity index is 760. The Kier molecular flexibility index (Phi) is 3.93. The normalized spacial score (nSPS) is 10.5. The molecule has 4 N–H and O–H groups in total. The van der Waals surface area contributed by atoms with E-state index in [-0.39, 0.29) is 22.6 Å². The first-order valence-electron chi connectivity index (χ1n) is 6.29. The maximum absolute atomic E-state index is 12.2. The minimum atomic E-state index is -1.33. The van der Waals surface area contributed by atoms with Crippen molar-refractivity contribution in [3.63, 3.8) is 0 Å². The number of rotatable bonds is 5. The van der Waals surface area contributed by atoms with E-state index in [1.165, 1.54) is 28.8 Å². The summed E-state index contributed by atoms with van der Waals surface area (Å²) >= 11 is 0. The van der Waals surface area contributed by atoms with E-state index in [1.54, 1.807) is 6.92 Å². The van der Waals surface area contributed by atoms with Crippen LogP contribution in [0.1, 0.15) is 38.3 Å². The molecular formula is C12H14N6O4. The zero-order chi connectivity index (χ0) is 16.4. The molecule has 0 spiro atoms. The molecule has 2 aromatic heterocycles. The summed E-state index contributed by atoms with van der Waals surface area (Å²) in [6, 6.07) is 0. The SMILES string of the molecule is CCn1cc(NC(=O)c2cn(C)nc2C(=O)O)c(C(N)=O)n1. The fraction of sp³-hybridized carbons (Fsp3) is 0.250. The number of amides is 2. The Hall–Kier alpha value is -3.17. The standard InChI is InChI=1S/C12H14N6O4/c1-3-18-5-7(9(16-18)10(13)19)14-11(20)6-4-17(2)15-8(6)12(21)22/h4-5H,3H2,1-2H3,(H2,13,19)(H,14,20)(H,21,22). The van der Waals surface area contributed by atoms with Gasteiger partial charge in [0.25, 0.3) is 11.8 Å². The Morgan fingerprint density at radius 3 is 2.50 bits per heavy atom. The molecule has 0 unspecified atom stereocenters. The lowest BCUT2D eigenvalue weighted by Gasteiger charge is -2.02. The molecule has 0 aliphatic heterocycles. The molecule has 0 aliphatic rings. The summed E-state index contributed by atoms with van der Waals surface area (Å²) in [7, 11) is 1.49. The highest BCUT2D eigenvalue weighted by molar-refractivity contribution is 6.11. The van der Waals surface area contributed by atoms with E-state index in [2.05, 4.69) is 15.5 Å². The van der Waals surface area contributed by atoms with Crippen molar-refractivity contribution >= 4 is 23.5 Å². The summed E-state index contributed by atoms with van der Waals surface area (Å²) in [5, 5.41) is 19.1. The molecule has 0 saturated heterocycles. The molecule has 2 heterocycles. The van der Waals surface area contributed by atoms with Gasteiger partial charge in [0, 0.05) is 26.0 Å². The van der Waals surface area contributed by atoms with Crippen LogP contribution in [-0.4, -0.2) is 42.5 Å². The molecule has 0 atom stereocenters. The predicted molar refractivity (Wildman–Crippen MR) is 74.5 cm³/mol. The number of anilines is 1. The number of carboxylic acid groups (broad SMARTS) is 1. The third-order valence-electron chi connectivity index (χ3n) is 2.84. The van der Waals surface area contributed by atoms with E-state index in [9.17, 15) is 14.4 Å². The van der Waals surface area contributed by atoms with E-state index < -0.39 is 17.8 Å². The summed E-state index contributed by atoms with van der Waals surface area (Å²) in [6.07, 6.45) is 2.71. The van der Waals surface area contributed by atoms with Crippen molar-refractivity contribution < 1.29 is 19.5 Å². The fourth-order valence-corrected chi connectivity index (χ4v) is 1.86. The average molecular weight is 306 g/mol. The number of nitrogens with one attached hydrogen (secondary N) is 1. The van der Waals surface area contributed by atoms with Gasteiger partial charge in [-0.05, 0) is 6.92 Å². The molecule has 0 aromatic carbocycles. The monoisotopic (exact) mass is 306 g/mol. The Labute approximate surface area is 124 Å². The zero-order valence-corrected chi connectivity index (χ0v) is 11.9. The van der Waals surface area contributed by atoms with Crippen molar-refractivity contribution in [2.75, 3.05) is 5.32 Å². The topological polar surface area (TPSA) is 145 Å². The van der Waals surface area contributed by atoms with E-state index >= 15 is 0 Å². The van der Waals surface area contributed by atoms with Crippen LogP contribution in [0.25, 0.3) is 0 Å². The molecule has 0 aliphatic carbocycles. The fourth-order valence-electron chi connectivity index (χ4n) is 1.86. The van der Waals surface area contributed by atoms with Crippen LogP contribution in [0.4, 0.5) is 5.69 Å². The summed E-state index contributed by atoms with van der Waals surface area (Å²) in [4.78, 5) is 34.6. The van der Waals surface area contributed by atoms with Gasteiger partial charge < -0.3 is 16.2 Å². The lowest BCUT2D eigenvalue weighted by molar-refractivity contribution is 0.0685. The molecule has 0 bridgehead atoms. The first kappa shape index (κ1) is 15.2. The van der Waals surface area contributed by atoms with Gasteiger partial charge in [0.2, 0.25) is 0 Å². The number of nitrogens with two attached hydrogens (primary N) is 1. The summed E-state index contributed by atoms with van der Waals surface area (Å²) in [5.41, 5.74) is 4.70. The Morgan fingerprint density at radius 2 is 1.95 bits per heavy atom. The molecular weight excluding hydrogens is 292 g/mol. The Balaban J connectivity index is 2.35. The minimum absolute atomic E-state index is 0.101. The molecule has 10 heteroatoms. The quantitative estimate of drug-likeness (QED) is 0.690. The van der Waals surface area contributed by atoms with Gasteiger partial charge >= 0.3 is 5.97 Å². The first-order chi connectivity index (χ1) is 10.3. The number of hydrogen-bond acceptors (Lipinski definition) is 5. The van der Waals surface area contributed by atoms with Crippen LogP contribution in [0.5, 0.6) is 0 Å². The van der Waals surface area contributed by atoms with E-state index in [0.29, 0.717) is 6.54 Å². The van der Waals surface area contributed by atoms with E-state index in [1.807, 2.05) is 0 Å². The van der Waals surface area contributed by atoms with Crippen molar-refractivity contribution in [2.24, 2.45) is 12.8 Å². The molecule has 2 aromatic rings. The third kappa shape index (κ3) is 2.80. The maximum atomic E-state index is 12.2. The van der Waals surface area contributed by atoms with Crippen molar-refractivity contribution in [3.05, 3.63) is 29.3 Å². The van der Waals surface area contributed by atoms with Crippen molar-refractivity contribution in [1.29, 1.82) is 0 Å². The molecule has 0 fully saturated rings. The van der Waals surface area contributed by atoms with Crippen LogP contribution >= 0.6 is 0 Å². The van der Waals surface area contributed by atoms with Crippen LogP contribution in [0.15, 0.2) is 12.4 Å². The molecule has 2 rings (SSSR count). The highest BCUT2D eigenvalue weighted by atomic mass is 16.4. The number of carbonyl (C=O) groups excluding carboxylic acids is 2. The number of carboxylic acids is 1. The number of aromatic carboxylic acids is 1. The van der Waals surface area contributed by atoms with Crippen LogP contribution in [0.2, 0.25) is 0 Å². The smallest absolute Gasteiger partial charge is 0.357 e. The Morgan fingerprint density at radius 1 is 1.27 bits per heavy atom. The van der Waals surface area contributed by atoms with Gasteiger partial charge in [0.15, 0.2) is 11.4 Å². The summed E-state index contributed by atoms with van der Waals surface area (Å²) < 4.78 is 2.64. The highest BCUT2D eigenvalue weighted by Gasteiger charge is 2.23. The average Bonchev–Trinajstić information content (AvgIpc) is 3.02. The largest absolute Gasteiger partial charge is 0.476 e. The highest BCUT2D eigenvalue weighted by Crippen LogP contribution is 2.16. The number of aromatic nitrogens is 4. The molecule has 0 saturated carbocycles. The van der Waals surface area contributed by atoms with Crippen molar-refractivity contribution in [1.82, 2.24) is 19.6 Å². The number of carbonyl (C=O) groups is 3. The van der Waals surface area contributed by atoms with Crippen LogP contribution in [-0.2, 0) is 13.6 Å². The van der Waals surface area contributed by atoms with Crippen LogP contribution in [0.3, 0.4) is 0 Å². The van der Waals surface area contributed by atoms with Gasteiger partial charge in [0.05, 0.1) is 11.3 Å². The second-order valence-corrected chi connectivity index (χ2v) is 4.44. The number of aryl methyl sites for hydroxylation is 2. The third-order valence-corrected chi connectivity index (χ3v) is 2.84. The maximum Gasteiger partial charge on any atom is 0.357 e. The van der Waals surface area contributed by atoms with Crippen molar-refractivity contribution in [3.8, 4) is 0 Å². The number of nitrogens with zero attached hydrogens (tertiary/aromatic N) is 4. The molecule has 10 nitrogen and oxygen atoms in total. The van der Waals surface area contributed by atoms with E-state index in [0.717, 1.165) is 0 Å². The number of hydrogen-bond donors (Lipinski definition) is 3. The van der Waals surface area contributed by atoms with Gasteiger partial charge in [-0.25, -0.2) is 4.79 Å². The van der Waals surface area contributed by atoms with Crippen LogP contribution < -0.4 is 11.1 Å². The first-order valence-corrected chi connectivity index (χ1v) is 6.29. The van der Waals surface area contributed by atoms with Gasteiger partial charge in [-0.2, -0.15) is 10.2 Å². The molecule has 0 radical (unpaired) electrons. The number of primary amides is 1. The van der Waals surface area contributed by atoms with Gasteiger partial charge in [0.1, 0.15) is 0 Å². The second-order valence-electron chi connectivity index (χ2n) is 4.44.